The van der Waals surface area contributed by atoms with Gasteiger partial charge in [0.25, 0.3) is 0 Å². The van der Waals surface area contributed by atoms with Crippen molar-refractivity contribution in [1.82, 2.24) is 4.90 Å². The lowest BCUT2D eigenvalue weighted by atomic mass is 10.1. The summed E-state index contributed by atoms with van der Waals surface area (Å²) < 4.78 is 5.26. The Morgan fingerprint density at radius 1 is 1.43 bits per heavy atom. The highest BCUT2D eigenvalue weighted by Gasteiger charge is 2.06. The number of rotatable bonds is 8. The molecule has 0 fully saturated rings. The van der Waals surface area contributed by atoms with Crippen LogP contribution in [0, 0.1) is 5.92 Å². The van der Waals surface area contributed by atoms with Crippen molar-refractivity contribution < 1.29 is 14.6 Å². The van der Waals surface area contributed by atoms with E-state index in [1.54, 1.807) is 13.2 Å². The van der Waals surface area contributed by atoms with Crippen LogP contribution in [-0.4, -0.2) is 36.7 Å². The lowest BCUT2D eigenvalue weighted by Crippen LogP contribution is -2.20. The Morgan fingerprint density at radius 3 is 2.71 bits per heavy atom. The van der Waals surface area contributed by atoms with Crippen molar-refractivity contribution >= 4 is 12.0 Å². The first-order valence-electron chi connectivity index (χ1n) is 7.18. The van der Waals surface area contributed by atoms with Gasteiger partial charge >= 0.3 is 5.97 Å². The number of hydrogen-bond acceptors (Lipinski definition) is 3. The van der Waals surface area contributed by atoms with Gasteiger partial charge in [-0.3, -0.25) is 0 Å². The van der Waals surface area contributed by atoms with Crippen molar-refractivity contribution in [3.05, 3.63) is 35.4 Å². The first-order chi connectivity index (χ1) is 9.92. The van der Waals surface area contributed by atoms with Crippen molar-refractivity contribution in [3.8, 4) is 5.75 Å². The van der Waals surface area contributed by atoms with Crippen LogP contribution >= 0.6 is 0 Å². The number of carboxylic acids is 1. The Balaban J connectivity index is 2.79. The zero-order chi connectivity index (χ0) is 15.8. The molecule has 21 heavy (non-hydrogen) atoms. The van der Waals surface area contributed by atoms with E-state index >= 15 is 0 Å². The predicted octanol–water partition coefficient (Wildman–Crippen LogP) is 3.27. The molecule has 0 heterocycles. The summed E-state index contributed by atoms with van der Waals surface area (Å²) >= 11 is 0. The monoisotopic (exact) mass is 291 g/mol. The summed E-state index contributed by atoms with van der Waals surface area (Å²) in [5.74, 6) is 0.412. The molecule has 0 saturated heterocycles. The van der Waals surface area contributed by atoms with Crippen molar-refractivity contribution in [2.75, 3.05) is 20.7 Å². The minimum absolute atomic E-state index is 0.682. The van der Waals surface area contributed by atoms with Gasteiger partial charge in [0, 0.05) is 18.2 Å². The molecule has 1 N–H and O–H groups in total. The third kappa shape index (κ3) is 6.45. The zero-order valence-electron chi connectivity index (χ0n) is 13.3. The smallest absolute Gasteiger partial charge is 0.328 e. The van der Waals surface area contributed by atoms with Gasteiger partial charge < -0.3 is 14.7 Å². The molecule has 0 aliphatic heterocycles. The van der Waals surface area contributed by atoms with Crippen molar-refractivity contribution in [2.24, 2.45) is 5.92 Å². The summed E-state index contributed by atoms with van der Waals surface area (Å²) in [7, 11) is 3.68. The van der Waals surface area contributed by atoms with Gasteiger partial charge in [-0.05, 0) is 49.7 Å². The standard InChI is InChI=1S/C17H25NO3/c1-13(2)9-10-18(3)12-14-5-7-16(21-4)15(11-14)6-8-17(19)20/h5-8,11,13H,9-10,12H2,1-4H3,(H,19,20). The van der Waals surface area contributed by atoms with E-state index in [1.165, 1.54) is 6.42 Å². The van der Waals surface area contributed by atoms with Gasteiger partial charge in [-0.15, -0.1) is 0 Å². The number of carboxylic acid groups (broad SMARTS) is 1. The van der Waals surface area contributed by atoms with Crippen LogP contribution in [0.15, 0.2) is 24.3 Å². The highest BCUT2D eigenvalue weighted by Crippen LogP contribution is 2.22. The SMILES string of the molecule is COc1ccc(CN(C)CCC(C)C)cc1C=CC(=O)O. The molecule has 0 radical (unpaired) electrons. The second kappa shape index (κ2) is 8.47. The first kappa shape index (κ1) is 17.2. The highest BCUT2D eigenvalue weighted by atomic mass is 16.5. The number of benzene rings is 1. The summed E-state index contributed by atoms with van der Waals surface area (Å²) in [5.41, 5.74) is 1.93. The van der Waals surface area contributed by atoms with E-state index in [9.17, 15) is 4.79 Å². The van der Waals surface area contributed by atoms with Crippen LogP contribution in [0.4, 0.5) is 0 Å². The number of aliphatic carboxylic acids is 1. The van der Waals surface area contributed by atoms with Crippen LogP contribution in [0.2, 0.25) is 0 Å². The topological polar surface area (TPSA) is 49.8 Å². The maximum atomic E-state index is 10.6. The van der Waals surface area contributed by atoms with Gasteiger partial charge in [0.1, 0.15) is 5.75 Å². The fourth-order valence-corrected chi connectivity index (χ4v) is 2.04. The lowest BCUT2D eigenvalue weighted by molar-refractivity contribution is -0.131. The number of ether oxygens (including phenoxy) is 1. The zero-order valence-corrected chi connectivity index (χ0v) is 13.3. The summed E-state index contributed by atoms with van der Waals surface area (Å²) in [6.45, 7) is 6.32. The fraction of sp³-hybridized carbons (Fsp3) is 0.471. The third-order valence-corrected chi connectivity index (χ3v) is 3.24. The van der Waals surface area contributed by atoms with E-state index in [2.05, 4.69) is 25.8 Å². The minimum Gasteiger partial charge on any atom is -0.496 e. The molecule has 0 atom stereocenters. The summed E-state index contributed by atoms with van der Waals surface area (Å²) in [6, 6.07) is 5.88. The fourth-order valence-electron chi connectivity index (χ4n) is 2.04. The Morgan fingerprint density at radius 2 is 2.14 bits per heavy atom. The molecule has 1 rings (SSSR count). The molecule has 0 unspecified atom stereocenters. The minimum atomic E-state index is -0.962. The molecule has 1 aromatic rings. The Hall–Kier alpha value is -1.81. The molecule has 116 valence electrons. The quantitative estimate of drug-likeness (QED) is 0.747. The van der Waals surface area contributed by atoms with Crippen LogP contribution < -0.4 is 4.74 Å². The molecular weight excluding hydrogens is 266 g/mol. The van der Waals surface area contributed by atoms with Gasteiger partial charge in [0.05, 0.1) is 7.11 Å². The Labute approximate surface area is 127 Å². The first-order valence-corrected chi connectivity index (χ1v) is 7.18. The molecule has 0 amide bonds. The molecular formula is C17H25NO3. The molecule has 0 spiro atoms. The number of carbonyl (C=O) groups is 1. The Bertz CT molecular complexity index is 495. The molecule has 1 aromatic carbocycles. The average Bonchev–Trinajstić information content (AvgIpc) is 2.43. The van der Waals surface area contributed by atoms with Gasteiger partial charge in [0.15, 0.2) is 0 Å². The van der Waals surface area contributed by atoms with Crippen LogP contribution in [0.3, 0.4) is 0 Å². The summed E-state index contributed by atoms with van der Waals surface area (Å²) in [4.78, 5) is 12.9. The van der Waals surface area contributed by atoms with E-state index in [-0.39, 0.29) is 0 Å². The number of hydrogen-bond donors (Lipinski definition) is 1. The third-order valence-electron chi connectivity index (χ3n) is 3.24. The van der Waals surface area contributed by atoms with Crippen LogP contribution in [0.1, 0.15) is 31.4 Å². The van der Waals surface area contributed by atoms with E-state index in [1.807, 2.05) is 18.2 Å². The lowest BCUT2D eigenvalue weighted by Gasteiger charge is -2.18. The molecule has 0 aliphatic rings. The molecule has 4 nitrogen and oxygen atoms in total. The maximum absolute atomic E-state index is 10.6. The van der Waals surface area contributed by atoms with Crippen LogP contribution in [0.25, 0.3) is 6.08 Å². The largest absolute Gasteiger partial charge is 0.496 e. The highest BCUT2D eigenvalue weighted by molar-refractivity contribution is 5.85. The maximum Gasteiger partial charge on any atom is 0.328 e. The number of nitrogens with zero attached hydrogens (tertiary/aromatic N) is 1. The second-order valence-electron chi connectivity index (χ2n) is 5.67. The second-order valence-corrected chi connectivity index (χ2v) is 5.67. The van der Waals surface area contributed by atoms with Crippen molar-refractivity contribution in [1.29, 1.82) is 0 Å². The van der Waals surface area contributed by atoms with E-state index in [0.29, 0.717) is 11.7 Å². The molecule has 0 bridgehead atoms. The molecule has 0 aromatic heterocycles. The normalized spacial score (nSPS) is 11.5. The number of methoxy groups -OCH3 is 1. The van der Waals surface area contributed by atoms with Gasteiger partial charge in [-0.2, -0.15) is 0 Å². The van der Waals surface area contributed by atoms with Gasteiger partial charge in [0.2, 0.25) is 0 Å². The predicted molar refractivity (Wildman–Crippen MR) is 85.5 cm³/mol. The van der Waals surface area contributed by atoms with E-state index in [4.69, 9.17) is 9.84 Å². The van der Waals surface area contributed by atoms with Crippen molar-refractivity contribution in [3.63, 3.8) is 0 Å². The van der Waals surface area contributed by atoms with E-state index < -0.39 is 5.97 Å². The summed E-state index contributed by atoms with van der Waals surface area (Å²) in [6.07, 6.45) is 3.86. The Kier molecular flexibility index (Phi) is 6.96. The van der Waals surface area contributed by atoms with Crippen LogP contribution in [0.5, 0.6) is 5.75 Å². The van der Waals surface area contributed by atoms with Crippen LogP contribution in [-0.2, 0) is 11.3 Å². The van der Waals surface area contributed by atoms with Gasteiger partial charge in [-0.25, -0.2) is 4.79 Å². The molecule has 4 heteroatoms. The van der Waals surface area contributed by atoms with Crippen molar-refractivity contribution in [2.45, 2.75) is 26.8 Å². The average molecular weight is 291 g/mol. The van der Waals surface area contributed by atoms with E-state index in [0.717, 1.165) is 30.3 Å². The van der Waals surface area contributed by atoms with Gasteiger partial charge in [-0.1, -0.05) is 19.9 Å². The summed E-state index contributed by atoms with van der Waals surface area (Å²) in [5, 5.41) is 8.74. The molecule has 0 aliphatic carbocycles. The molecule has 0 saturated carbocycles.